The highest BCUT2D eigenvalue weighted by Crippen LogP contribution is 2.19. The van der Waals surface area contributed by atoms with Crippen LogP contribution in [0.1, 0.15) is 28.3 Å². The molecule has 0 aliphatic heterocycles. The van der Waals surface area contributed by atoms with Crippen LogP contribution in [0.2, 0.25) is 0 Å². The average molecular weight is 202 g/mol. The van der Waals surface area contributed by atoms with Gasteiger partial charge in [0.2, 0.25) is 0 Å². The molecule has 0 atom stereocenters. The molecule has 0 aliphatic carbocycles. The van der Waals surface area contributed by atoms with Crippen LogP contribution in [0.3, 0.4) is 0 Å². The Bertz CT molecular complexity index is 355. The van der Waals surface area contributed by atoms with Gasteiger partial charge in [-0.2, -0.15) is 0 Å². The van der Waals surface area contributed by atoms with Gasteiger partial charge in [0.1, 0.15) is 5.69 Å². The summed E-state index contributed by atoms with van der Waals surface area (Å²) in [7, 11) is 1.10. The number of esters is 1. The third-order valence-electron chi connectivity index (χ3n) is 1.51. The Morgan fingerprint density at radius 1 is 1.57 bits per heavy atom. The summed E-state index contributed by atoms with van der Waals surface area (Å²) in [6.07, 6.45) is -1.66. The Hall–Kier alpha value is -1.59. The van der Waals surface area contributed by atoms with Crippen LogP contribution in [0.25, 0.3) is 0 Å². The van der Waals surface area contributed by atoms with Gasteiger partial charge >= 0.3 is 5.97 Å². The van der Waals surface area contributed by atoms with Crippen molar-refractivity contribution in [1.82, 2.24) is 9.97 Å². The highest BCUT2D eigenvalue weighted by atomic mass is 19.3. The maximum Gasteiger partial charge on any atom is 0.358 e. The number of carbonyl (C=O) groups is 1. The van der Waals surface area contributed by atoms with Crippen molar-refractivity contribution in [1.29, 1.82) is 0 Å². The second-order valence-corrected chi connectivity index (χ2v) is 2.54. The van der Waals surface area contributed by atoms with Crippen molar-refractivity contribution in [2.24, 2.45) is 0 Å². The first-order chi connectivity index (χ1) is 6.56. The lowest BCUT2D eigenvalue weighted by molar-refractivity contribution is 0.0578. The smallest absolute Gasteiger partial charge is 0.358 e. The first-order valence-electron chi connectivity index (χ1n) is 3.76. The van der Waals surface area contributed by atoms with E-state index >= 15 is 0 Å². The van der Waals surface area contributed by atoms with Gasteiger partial charge in [-0.15, -0.1) is 0 Å². The number of halogens is 2. The highest BCUT2D eigenvalue weighted by molar-refractivity contribution is 5.88. The summed E-state index contributed by atoms with van der Waals surface area (Å²) in [5, 5.41) is 0. The molecule has 1 aromatic rings. The number of nitrogens with zero attached hydrogens (tertiary/aromatic N) is 2. The molecule has 0 spiro atoms. The fourth-order valence-electron chi connectivity index (χ4n) is 0.893. The molecule has 0 N–H and O–H groups in total. The maximum absolute atomic E-state index is 12.3. The predicted molar refractivity (Wildman–Crippen MR) is 43.1 cm³/mol. The standard InChI is InChI=1S/C8H8F2N2O2/c1-4-3-11-5(7(9)10)6(12-4)8(13)14-2/h3,7H,1-2H3. The number of ether oxygens (including phenoxy) is 1. The van der Waals surface area contributed by atoms with Crippen LogP contribution < -0.4 is 0 Å². The van der Waals surface area contributed by atoms with Crippen molar-refractivity contribution in [2.45, 2.75) is 13.3 Å². The summed E-state index contributed by atoms with van der Waals surface area (Å²) in [6, 6.07) is 0. The summed E-state index contributed by atoms with van der Waals surface area (Å²) in [4.78, 5) is 18.1. The van der Waals surface area contributed by atoms with E-state index in [2.05, 4.69) is 14.7 Å². The number of rotatable bonds is 2. The quantitative estimate of drug-likeness (QED) is 0.682. The van der Waals surface area contributed by atoms with Crippen molar-refractivity contribution < 1.29 is 18.3 Å². The zero-order chi connectivity index (χ0) is 10.7. The monoisotopic (exact) mass is 202 g/mol. The Morgan fingerprint density at radius 2 is 2.21 bits per heavy atom. The fourth-order valence-corrected chi connectivity index (χ4v) is 0.893. The predicted octanol–water partition coefficient (Wildman–Crippen LogP) is 1.51. The summed E-state index contributed by atoms with van der Waals surface area (Å²) < 4.78 is 29.0. The molecule has 0 aromatic carbocycles. The van der Waals surface area contributed by atoms with Crippen LogP contribution in [-0.4, -0.2) is 23.0 Å². The van der Waals surface area contributed by atoms with Gasteiger partial charge in [0.15, 0.2) is 5.69 Å². The van der Waals surface area contributed by atoms with Gasteiger partial charge in [0.25, 0.3) is 6.43 Å². The van der Waals surface area contributed by atoms with Gasteiger partial charge in [-0.1, -0.05) is 0 Å². The second kappa shape index (κ2) is 4.08. The molecule has 6 heteroatoms. The molecule has 0 saturated heterocycles. The highest BCUT2D eigenvalue weighted by Gasteiger charge is 2.22. The van der Waals surface area contributed by atoms with E-state index in [1.165, 1.54) is 6.20 Å². The second-order valence-electron chi connectivity index (χ2n) is 2.54. The summed E-state index contributed by atoms with van der Waals surface area (Å²) in [5.41, 5.74) is -0.695. The molecular weight excluding hydrogens is 194 g/mol. The number of aryl methyl sites for hydroxylation is 1. The largest absolute Gasteiger partial charge is 0.464 e. The van der Waals surface area contributed by atoms with E-state index < -0.39 is 23.8 Å². The van der Waals surface area contributed by atoms with Crippen LogP contribution in [0.15, 0.2) is 6.20 Å². The van der Waals surface area contributed by atoms with Crippen LogP contribution in [-0.2, 0) is 4.74 Å². The van der Waals surface area contributed by atoms with Crippen LogP contribution in [0.4, 0.5) is 8.78 Å². The minimum Gasteiger partial charge on any atom is -0.464 e. The SMILES string of the molecule is COC(=O)c1nc(C)cnc1C(F)F. The van der Waals surface area contributed by atoms with Crippen molar-refractivity contribution in [3.63, 3.8) is 0 Å². The molecule has 76 valence electrons. The lowest BCUT2D eigenvalue weighted by Gasteiger charge is -2.05. The number of alkyl halides is 2. The molecule has 1 aromatic heterocycles. The van der Waals surface area contributed by atoms with E-state index in [0.29, 0.717) is 5.69 Å². The molecule has 14 heavy (non-hydrogen) atoms. The summed E-state index contributed by atoms with van der Waals surface area (Å²) in [6.45, 7) is 1.55. The number of hydrogen-bond donors (Lipinski definition) is 0. The average Bonchev–Trinajstić information content (AvgIpc) is 2.16. The third-order valence-corrected chi connectivity index (χ3v) is 1.51. The summed E-state index contributed by atoms with van der Waals surface area (Å²) in [5.74, 6) is -0.906. The van der Waals surface area contributed by atoms with Gasteiger partial charge < -0.3 is 4.74 Å². The minimum absolute atomic E-state index is 0.384. The fraction of sp³-hybridized carbons (Fsp3) is 0.375. The van der Waals surface area contributed by atoms with Gasteiger partial charge in [-0.25, -0.2) is 18.6 Å². The molecule has 0 amide bonds. The summed E-state index contributed by atoms with van der Waals surface area (Å²) >= 11 is 0. The van der Waals surface area contributed by atoms with E-state index in [4.69, 9.17) is 0 Å². The first kappa shape index (κ1) is 10.5. The third kappa shape index (κ3) is 2.01. The number of carbonyl (C=O) groups excluding carboxylic acids is 1. The molecular formula is C8H8F2N2O2. The van der Waals surface area contributed by atoms with Crippen molar-refractivity contribution in [2.75, 3.05) is 7.11 Å². The lowest BCUT2D eigenvalue weighted by atomic mass is 10.3. The van der Waals surface area contributed by atoms with Crippen LogP contribution in [0.5, 0.6) is 0 Å². The number of methoxy groups -OCH3 is 1. The topological polar surface area (TPSA) is 52.1 Å². The molecule has 1 heterocycles. The van der Waals surface area contributed by atoms with E-state index in [1.54, 1.807) is 6.92 Å². The van der Waals surface area contributed by atoms with E-state index in [1.807, 2.05) is 0 Å². The molecule has 0 aliphatic rings. The van der Waals surface area contributed by atoms with Gasteiger partial charge in [0, 0.05) is 6.20 Å². The zero-order valence-corrected chi connectivity index (χ0v) is 7.62. The molecule has 0 saturated carbocycles. The first-order valence-corrected chi connectivity index (χ1v) is 3.76. The van der Waals surface area contributed by atoms with E-state index in [9.17, 15) is 13.6 Å². The minimum atomic E-state index is -2.84. The van der Waals surface area contributed by atoms with Crippen molar-refractivity contribution >= 4 is 5.97 Å². The Kier molecular flexibility index (Phi) is 3.06. The zero-order valence-electron chi connectivity index (χ0n) is 7.62. The Morgan fingerprint density at radius 3 is 2.71 bits per heavy atom. The molecule has 0 radical (unpaired) electrons. The molecule has 4 nitrogen and oxygen atoms in total. The number of hydrogen-bond acceptors (Lipinski definition) is 4. The lowest BCUT2D eigenvalue weighted by Crippen LogP contribution is -2.11. The van der Waals surface area contributed by atoms with E-state index in [-0.39, 0.29) is 0 Å². The Balaban J connectivity index is 3.22. The Labute approximate surface area is 78.9 Å². The van der Waals surface area contributed by atoms with E-state index in [0.717, 1.165) is 7.11 Å². The van der Waals surface area contributed by atoms with Gasteiger partial charge in [-0.3, -0.25) is 4.98 Å². The van der Waals surface area contributed by atoms with Crippen molar-refractivity contribution in [3.05, 3.63) is 23.3 Å². The molecule has 1 rings (SSSR count). The van der Waals surface area contributed by atoms with Crippen LogP contribution >= 0.6 is 0 Å². The van der Waals surface area contributed by atoms with Gasteiger partial charge in [0.05, 0.1) is 12.8 Å². The molecule has 0 fully saturated rings. The van der Waals surface area contributed by atoms with Crippen molar-refractivity contribution in [3.8, 4) is 0 Å². The normalized spacial score (nSPS) is 10.4. The molecule has 0 unspecified atom stereocenters. The number of aromatic nitrogens is 2. The van der Waals surface area contributed by atoms with Gasteiger partial charge in [-0.05, 0) is 6.92 Å². The molecule has 0 bridgehead atoms. The maximum atomic E-state index is 12.3. The van der Waals surface area contributed by atoms with Crippen LogP contribution in [0, 0.1) is 6.92 Å².